The number of halogens is 1. The molecule has 19 heavy (non-hydrogen) atoms. The van der Waals surface area contributed by atoms with E-state index in [0.717, 1.165) is 16.6 Å². The number of nitrogens with one attached hydrogen (secondary N) is 1. The quantitative estimate of drug-likeness (QED) is 0.685. The van der Waals surface area contributed by atoms with Gasteiger partial charge < -0.3 is 11.1 Å². The van der Waals surface area contributed by atoms with Crippen LogP contribution in [-0.2, 0) is 0 Å². The fourth-order valence-electron chi connectivity index (χ4n) is 2.03. The van der Waals surface area contributed by atoms with Gasteiger partial charge in [0.2, 0.25) is 0 Å². The molecular weight excluding hydrogens is 241 g/mol. The van der Waals surface area contributed by atoms with Crippen LogP contribution >= 0.6 is 0 Å². The summed E-state index contributed by atoms with van der Waals surface area (Å²) in [7, 11) is 0. The summed E-state index contributed by atoms with van der Waals surface area (Å²) in [5.74, 6) is -0.275. The molecule has 0 aliphatic carbocycles. The van der Waals surface area contributed by atoms with Crippen molar-refractivity contribution in [2.45, 2.75) is 0 Å². The van der Waals surface area contributed by atoms with Crippen molar-refractivity contribution in [2.75, 3.05) is 11.1 Å². The van der Waals surface area contributed by atoms with Crippen molar-refractivity contribution in [3.05, 3.63) is 60.5 Å². The van der Waals surface area contributed by atoms with Crippen molar-refractivity contribution in [3.8, 4) is 0 Å². The van der Waals surface area contributed by atoms with Crippen molar-refractivity contribution >= 4 is 28.0 Å². The number of rotatable bonds is 2. The number of hydrogen-bond donors (Lipinski definition) is 2. The Labute approximate surface area is 109 Å². The highest BCUT2D eigenvalue weighted by atomic mass is 19.1. The third kappa shape index (κ3) is 2.20. The topological polar surface area (TPSA) is 50.9 Å². The van der Waals surface area contributed by atoms with Crippen LogP contribution in [0.5, 0.6) is 0 Å². The lowest BCUT2D eigenvalue weighted by Gasteiger charge is -2.10. The van der Waals surface area contributed by atoms with Crippen LogP contribution in [0.1, 0.15) is 0 Å². The zero-order valence-electron chi connectivity index (χ0n) is 10.1. The Morgan fingerprint density at radius 1 is 1.05 bits per heavy atom. The van der Waals surface area contributed by atoms with E-state index in [1.54, 1.807) is 18.3 Å². The molecule has 3 nitrogen and oxygen atoms in total. The Balaban J connectivity index is 2.09. The van der Waals surface area contributed by atoms with E-state index in [4.69, 9.17) is 5.73 Å². The molecule has 1 heterocycles. The number of hydrogen-bond acceptors (Lipinski definition) is 3. The van der Waals surface area contributed by atoms with Gasteiger partial charge in [-0.15, -0.1) is 0 Å². The van der Waals surface area contributed by atoms with E-state index in [9.17, 15) is 4.39 Å². The molecule has 0 aliphatic rings. The summed E-state index contributed by atoms with van der Waals surface area (Å²) in [4.78, 5) is 4.26. The first-order chi connectivity index (χ1) is 9.24. The van der Waals surface area contributed by atoms with E-state index >= 15 is 0 Å². The molecule has 0 unspecified atom stereocenters. The molecule has 0 spiro atoms. The highest BCUT2D eigenvalue weighted by molar-refractivity contribution is 5.99. The maximum atomic E-state index is 13.2. The second-order valence-corrected chi connectivity index (χ2v) is 4.24. The largest absolute Gasteiger partial charge is 0.397 e. The van der Waals surface area contributed by atoms with Gasteiger partial charge in [-0.1, -0.05) is 6.07 Å². The van der Waals surface area contributed by atoms with Gasteiger partial charge in [-0.25, -0.2) is 4.39 Å². The standard InChI is InChI=1S/C15H12FN3/c16-10-3-1-4-11(9-10)19-14-7-6-13(17)15-12(14)5-2-8-18-15/h1-9,19H,17H2. The van der Waals surface area contributed by atoms with Gasteiger partial charge in [0.15, 0.2) is 0 Å². The van der Waals surface area contributed by atoms with Gasteiger partial charge in [-0.2, -0.15) is 0 Å². The van der Waals surface area contributed by atoms with Gasteiger partial charge in [0.1, 0.15) is 5.82 Å². The van der Waals surface area contributed by atoms with Crippen molar-refractivity contribution in [1.82, 2.24) is 4.98 Å². The van der Waals surface area contributed by atoms with Crippen molar-refractivity contribution < 1.29 is 4.39 Å². The molecule has 1 aromatic heterocycles. The molecule has 0 atom stereocenters. The molecule has 0 fully saturated rings. The van der Waals surface area contributed by atoms with Crippen molar-refractivity contribution in [1.29, 1.82) is 0 Å². The first kappa shape index (κ1) is 11.5. The number of anilines is 3. The summed E-state index contributed by atoms with van der Waals surface area (Å²) < 4.78 is 13.2. The summed E-state index contributed by atoms with van der Waals surface area (Å²) >= 11 is 0. The maximum Gasteiger partial charge on any atom is 0.125 e. The molecule has 0 saturated heterocycles. The summed E-state index contributed by atoms with van der Waals surface area (Å²) in [5.41, 5.74) is 8.80. The summed E-state index contributed by atoms with van der Waals surface area (Å²) in [5, 5.41) is 4.09. The monoisotopic (exact) mass is 253 g/mol. The van der Waals surface area contributed by atoms with Crippen LogP contribution in [0.4, 0.5) is 21.5 Å². The van der Waals surface area contributed by atoms with Crippen LogP contribution in [0.25, 0.3) is 10.9 Å². The number of nitrogens with two attached hydrogens (primary N) is 1. The number of aromatic nitrogens is 1. The SMILES string of the molecule is Nc1ccc(Nc2cccc(F)c2)c2cccnc12. The Kier molecular flexibility index (Phi) is 2.76. The van der Waals surface area contributed by atoms with Crippen molar-refractivity contribution in [3.63, 3.8) is 0 Å². The predicted molar refractivity (Wildman–Crippen MR) is 75.8 cm³/mol. The predicted octanol–water partition coefficient (Wildman–Crippen LogP) is 3.70. The lowest BCUT2D eigenvalue weighted by Crippen LogP contribution is -1.95. The van der Waals surface area contributed by atoms with E-state index in [0.29, 0.717) is 11.4 Å². The molecule has 0 aliphatic heterocycles. The second-order valence-electron chi connectivity index (χ2n) is 4.24. The first-order valence-electron chi connectivity index (χ1n) is 5.90. The normalized spacial score (nSPS) is 10.6. The summed E-state index contributed by atoms with van der Waals surface area (Å²) in [6, 6.07) is 13.8. The summed E-state index contributed by atoms with van der Waals surface area (Å²) in [6.45, 7) is 0. The molecule has 0 bridgehead atoms. The van der Waals surface area contributed by atoms with Crippen LogP contribution in [0.3, 0.4) is 0 Å². The molecule has 94 valence electrons. The van der Waals surface area contributed by atoms with E-state index in [1.165, 1.54) is 12.1 Å². The second kappa shape index (κ2) is 4.57. The minimum absolute atomic E-state index is 0.275. The summed E-state index contributed by atoms with van der Waals surface area (Å²) in [6.07, 6.45) is 1.70. The average molecular weight is 253 g/mol. The van der Waals surface area contributed by atoms with Gasteiger partial charge in [0, 0.05) is 23.0 Å². The van der Waals surface area contributed by atoms with Gasteiger partial charge in [0.05, 0.1) is 11.2 Å². The van der Waals surface area contributed by atoms with Crippen LogP contribution in [0.2, 0.25) is 0 Å². The third-order valence-electron chi connectivity index (χ3n) is 2.90. The zero-order valence-corrected chi connectivity index (χ0v) is 10.1. The lowest BCUT2D eigenvalue weighted by atomic mass is 10.1. The van der Waals surface area contributed by atoms with Gasteiger partial charge >= 0.3 is 0 Å². The van der Waals surface area contributed by atoms with Crippen molar-refractivity contribution in [2.24, 2.45) is 0 Å². The van der Waals surface area contributed by atoms with Crippen LogP contribution in [0.15, 0.2) is 54.7 Å². The fraction of sp³-hybridized carbons (Fsp3) is 0. The van der Waals surface area contributed by atoms with Crippen LogP contribution in [-0.4, -0.2) is 4.98 Å². The molecule has 3 rings (SSSR count). The Morgan fingerprint density at radius 3 is 2.79 bits per heavy atom. The maximum absolute atomic E-state index is 13.2. The molecule has 4 heteroatoms. The first-order valence-corrected chi connectivity index (χ1v) is 5.90. The van der Waals surface area contributed by atoms with E-state index in [-0.39, 0.29) is 5.82 Å². The number of fused-ring (bicyclic) bond motifs is 1. The third-order valence-corrected chi connectivity index (χ3v) is 2.90. The number of nitrogen functional groups attached to an aromatic ring is 1. The molecule has 0 saturated carbocycles. The van der Waals surface area contributed by atoms with E-state index < -0.39 is 0 Å². The highest BCUT2D eigenvalue weighted by Crippen LogP contribution is 2.28. The molecule has 3 aromatic rings. The molecule has 0 amide bonds. The lowest BCUT2D eigenvalue weighted by molar-refractivity contribution is 0.628. The fourth-order valence-corrected chi connectivity index (χ4v) is 2.03. The smallest absolute Gasteiger partial charge is 0.125 e. The Hall–Kier alpha value is -2.62. The average Bonchev–Trinajstić information content (AvgIpc) is 2.42. The zero-order chi connectivity index (χ0) is 13.2. The van der Waals surface area contributed by atoms with E-state index in [1.807, 2.05) is 24.3 Å². The van der Waals surface area contributed by atoms with E-state index in [2.05, 4.69) is 10.3 Å². The number of nitrogens with zero attached hydrogens (tertiary/aromatic N) is 1. The minimum atomic E-state index is -0.275. The molecule has 3 N–H and O–H groups in total. The highest BCUT2D eigenvalue weighted by Gasteiger charge is 2.05. The van der Waals surface area contributed by atoms with Gasteiger partial charge in [-0.3, -0.25) is 4.98 Å². The molecular formula is C15H12FN3. The van der Waals surface area contributed by atoms with Crippen LogP contribution < -0.4 is 11.1 Å². The molecule has 2 aromatic carbocycles. The number of benzene rings is 2. The molecule has 0 radical (unpaired) electrons. The Morgan fingerprint density at radius 2 is 1.95 bits per heavy atom. The minimum Gasteiger partial charge on any atom is -0.397 e. The van der Waals surface area contributed by atoms with Crippen LogP contribution in [0, 0.1) is 5.82 Å². The number of pyridine rings is 1. The Bertz CT molecular complexity index is 740. The van der Waals surface area contributed by atoms with Gasteiger partial charge in [0.25, 0.3) is 0 Å². The van der Waals surface area contributed by atoms with Gasteiger partial charge in [-0.05, 0) is 42.5 Å².